The maximum atomic E-state index is 13.7. The summed E-state index contributed by atoms with van der Waals surface area (Å²) in [6.45, 7) is 7.15. The Morgan fingerprint density at radius 1 is 0.949 bits per heavy atom. The van der Waals surface area contributed by atoms with Crippen molar-refractivity contribution >= 4 is 15.7 Å². The standard InChI is InChI=1S/C31H33N3O4S/c1-3-38-29-15-17-30(18-16-29)39(36,37)34(23-26-8-7-19-32-20-26)22-25-11-13-27(14-12-25)24(2)33-21-31(35)28-9-5-4-6-10-28/h4-20,31,33,35H,2-3,21-23H2,1H3. The highest BCUT2D eigenvalue weighted by Gasteiger charge is 2.25. The van der Waals surface area contributed by atoms with Crippen LogP contribution in [0, 0.1) is 0 Å². The van der Waals surface area contributed by atoms with Gasteiger partial charge >= 0.3 is 0 Å². The van der Waals surface area contributed by atoms with Gasteiger partial charge in [0.05, 0.1) is 17.6 Å². The van der Waals surface area contributed by atoms with Crippen molar-refractivity contribution < 1.29 is 18.3 Å². The van der Waals surface area contributed by atoms with Crippen LogP contribution in [0.2, 0.25) is 0 Å². The van der Waals surface area contributed by atoms with Crippen molar-refractivity contribution in [3.63, 3.8) is 0 Å². The van der Waals surface area contributed by atoms with Gasteiger partial charge in [-0.15, -0.1) is 0 Å². The van der Waals surface area contributed by atoms with E-state index in [9.17, 15) is 13.5 Å². The number of aliphatic hydroxyl groups is 1. The van der Waals surface area contributed by atoms with Gasteiger partial charge in [0.15, 0.2) is 0 Å². The van der Waals surface area contributed by atoms with Gasteiger partial charge in [-0.1, -0.05) is 67.2 Å². The minimum Gasteiger partial charge on any atom is -0.494 e. The summed E-state index contributed by atoms with van der Waals surface area (Å²) in [4.78, 5) is 4.33. The largest absolute Gasteiger partial charge is 0.494 e. The fraction of sp³-hybridized carbons (Fsp3) is 0.194. The molecule has 202 valence electrons. The summed E-state index contributed by atoms with van der Waals surface area (Å²) in [6, 6.07) is 27.1. The van der Waals surface area contributed by atoms with E-state index in [2.05, 4.69) is 16.9 Å². The number of rotatable bonds is 13. The fourth-order valence-electron chi connectivity index (χ4n) is 4.07. The zero-order valence-electron chi connectivity index (χ0n) is 21.9. The lowest BCUT2D eigenvalue weighted by atomic mass is 10.1. The molecule has 0 aliphatic carbocycles. The number of hydrogen-bond acceptors (Lipinski definition) is 6. The average Bonchev–Trinajstić information content (AvgIpc) is 2.97. The molecule has 1 heterocycles. The highest BCUT2D eigenvalue weighted by atomic mass is 32.2. The van der Waals surface area contributed by atoms with E-state index in [0.717, 1.165) is 22.3 Å². The first kappa shape index (κ1) is 28.0. The first-order valence-corrected chi connectivity index (χ1v) is 14.2. The summed E-state index contributed by atoms with van der Waals surface area (Å²) in [5.74, 6) is 0.621. The zero-order valence-corrected chi connectivity index (χ0v) is 22.7. The maximum Gasteiger partial charge on any atom is 0.243 e. The molecule has 1 aromatic heterocycles. The van der Waals surface area contributed by atoms with Crippen LogP contribution >= 0.6 is 0 Å². The van der Waals surface area contributed by atoms with Crippen molar-refractivity contribution in [3.05, 3.63) is 132 Å². The van der Waals surface area contributed by atoms with E-state index in [1.165, 1.54) is 4.31 Å². The van der Waals surface area contributed by atoms with Crippen LogP contribution in [0.25, 0.3) is 5.70 Å². The zero-order chi connectivity index (χ0) is 27.7. The molecule has 0 radical (unpaired) electrons. The molecule has 0 bridgehead atoms. The van der Waals surface area contributed by atoms with Crippen molar-refractivity contribution in [3.8, 4) is 5.75 Å². The van der Waals surface area contributed by atoms with E-state index in [1.807, 2.05) is 67.6 Å². The summed E-state index contributed by atoms with van der Waals surface area (Å²) in [7, 11) is -3.81. The molecule has 7 nitrogen and oxygen atoms in total. The highest BCUT2D eigenvalue weighted by Crippen LogP contribution is 2.24. The quantitative estimate of drug-likeness (QED) is 0.242. The van der Waals surface area contributed by atoms with E-state index in [1.54, 1.807) is 42.7 Å². The van der Waals surface area contributed by atoms with Gasteiger partial charge in [-0.25, -0.2) is 8.42 Å². The van der Waals surface area contributed by atoms with Gasteiger partial charge < -0.3 is 15.2 Å². The Bertz CT molecular complexity index is 1440. The number of aliphatic hydroxyl groups excluding tert-OH is 1. The van der Waals surface area contributed by atoms with Crippen molar-refractivity contribution in [2.24, 2.45) is 0 Å². The van der Waals surface area contributed by atoms with Crippen LogP contribution in [0.1, 0.15) is 35.3 Å². The Hall–Kier alpha value is -3.98. The summed E-state index contributed by atoms with van der Waals surface area (Å²) < 4.78 is 34.2. The van der Waals surface area contributed by atoms with E-state index in [-0.39, 0.29) is 18.0 Å². The molecule has 0 saturated heterocycles. The molecule has 1 unspecified atom stereocenters. The Labute approximate surface area is 230 Å². The van der Waals surface area contributed by atoms with Crippen LogP contribution in [0.4, 0.5) is 0 Å². The molecule has 0 amide bonds. The molecule has 0 saturated carbocycles. The lowest BCUT2D eigenvalue weighted by Crippen LogP contribution is -2.30. The van der Waals surface area contributed by atoms with Gasteiger partial charge in [0.25, 0.3) is 0 Å². The minimum atomic E-state index is -3.81. The second kappa shape index (κ2) is 13.2. The third-order valence-corrected chi connectivity index (χ3v) is 8.01. The van der Waals surface area contributed by atoms with Crippen LogP contribution in [0.5, 0.6) is 5.75 Å². The lowest BCUT2D eigenvalue weighted by molar-refractivity contribution is 0.180. The number of hydrogen-bond donors (Lipinski definition) is 2. The van der Waals surface area contributed by atoms with Gasteiger partial charge in [-0.2, -0.15) is 4.31 Å². The molecule has 1 atom stereocenters. The molecule has 39 heavy (non-hydrogen) atoms. The maximum absolute atomic E-state index is 13.7. The molecule has 0 spiro atoms. The minimum absolute atomic E-state index is 0.177. The van der Waals surface area contributed by atoms with E-state index >= 15 is 0 Å². The lowest BCUT2D eigenvalue weighted by Gasteiger charge is -2.23. The topological polar surface area (TPSA) is 91.8 Å². The van der Waals surface area contributed by atoms with Crippen molar-refractivity contribution in [2.75, 3.05) is 13.2 Å². The number of aromatic nitrogens is 1. The van der Waals surface area contributed by atoms with E-state index in [4.69, 9.17) is 4.74 Å². The Morgan fingerprint density at radius 3 is 2.28 bits per heavy atom. The number of pyridine rings is 1. The molecule has 0 fully saturated rings. The van der Waals surface area contributed by atoms with Crippen molar-refractivity contribution in [1.29, 1.82) is 0 Å². The smallest absolute Gasteiger partial charge is 0.243 e. The first-order valence-electron chi connectivity index (χ1n) is 12.7. The SMILES string of the molecule is C=C(NCC(O)c1ccccc1)c1ccc(CN(Cc2cccnc2)S(=O)(=O)c2ccc(OCC)cc2)cc1. The Balaban J connectivity index is 1.48. The molecular weight excluding hydrogens is 510 g/mol. The molecule has 4 aromatic rings. The van der Waals surface area contributed by atoms with Gasteiger partial charge in [-0.05, 0) is 59.5 Å². The number of nitrogens with zero attached hydrogens (tertiary/aromatic N) is 2. The number of sulfonamides is 1. The predicted octanol–water partition coefficient (Wildman–Crippen LogP) is 5.17. The van der Waals surface area contributed by atoms with Crippen LogP contribution in [0.15, 0.2) is 115 Å². The molecular formula is C31H33N3O4S. The van der Waals surface area contributed by atoms with Crippen LogP contribution < -0.4 is 10.1 Å². The third kappa shape index (κ3) is 7.54. The van der Waals surface area contributed by atoms with Gasteiger partial charge in [-0.3, -0.25) is 4.98 Å². The van der Waals surface area contributed by atoms with Crippen LogP contribution in [-0.4, -0.2) is 36.0 Å². The van der Waals surface area contributed by atoms with Crippen LogP contribution in [-0.2, 0) is 23.1 Å². The predicted molar refractivity (Wildman–Crippen MR) is 153 cm³/mol. The Kier molecular flexibility index (Phi) is 9.49. The Morgan fingerprint density at radius 2 is 1.64 bits per heavy atom. The van der Waals surface area contributed by atoms with Crippen molar-refractivity contribution in [1.82, 2.24) is 14.6 Å². The molecule has 3 aromatic carbocycles. The molecule has 2 N–H and O–H groups in total. The number of benzene rings is 3. The average molecular weight is 544 g/mol. The second-order valence-electron chi connectivity index (χ2n) is 9.02. The summed E-state index contributed by atoms with van der Waals surface area (Å²) in [5.41, 5.74) is 3.97. The van der Waals surface area contributed by atoms with E-state index in [0.29, 0.717) is 24.6 Å². The van der Waals surface area contributed by atoms with Gasteiger partial charge in [0, 0.05) is 37.7 Å². The van der Waals surface area contributed by atoms with Gasteiger partial charge in [0.2, 0.25) is 10.0 Å². The highest BCUT2D eigenvalue weighted by molar-refractivity contribution is 7.89. The normalized spacial score (nSPS) is 12.2. The first-order chi connectivity index (χ1) is 18.9. The molecule has 8 heteroatoms. The third-order valence-electron chi connectivity index (χ3n) is 6.21. The summed E-state index contributed by atoms with van der Waals surface area (Å²) in [6.07, 6.45) is 2.67. The fourth-order valence-corrected chi connectivity index (χ4v) is 5.49. The molecule has 0 aliphatic heterocycles. The monoisotopic (exact) mass is 543 g/mol. The van der Waals surface area contributed by atoms with Crippen molar-refractivity contribution in [2.45, 2.75) is 31.0 Å². The van der Waals surface area contributed by atoms with Gasteiger partial charge in [0.1, 0.15) is 5.75 Å². The van der Waals surface area contributed by atoms with E-state index < -0.39 is 16.1 Å². The molecule has 4 rings (SSSR count). The number of nitrogens with one attached hydrogen (secondary N) is 1. The molecule has 0 aliphatic rings. The van der Waals surface area contributed by atoms with Crippen LogP contribution in [0.3, 0.4) is 0 Å². The summed E-state index contributed by atoms with van der Waals surface area (Å²) >= 11 is 0. The second-order valence-corrected chi connectivity index (χ2v) is 11.0. The summed E-state index contributed by atoms with van der Waals surface area (Å²) in [5, 5.41) is 13.6. The number of ether oxygens (including phenoxy) is 1.